The number of carbonyl (C=O) groups is 1. The van der Waals surface area contributed by atoms with Crippen LogP contribution in [0.25, 0.3) is 0 Å². The Morgan fingerprint density at radius 3 is 2.65 bits per heavy atom. The number of hydrogen-bond donors (Lipinski definition) is 1. The van der Waals surface area contributed by atoms with E-state index in [-0.39, 0.29) is 11.9 Å². The van der Waals surface area contributed by atoms with E-state index in [1.807, 2.05) is 48.2 Å². The standard InChI is InChI=1S/C18H23N3O2/c1-14-12-16(20-23-14)13-19-17(15-8-4-2-5-9-15)18(22)21-10-6-3-7-11-21/h2,4-5,8-9,12,17,19H,3,6-7,10-11,13H2,1H3. The Balaban J connectivity index is 1.74. The molecule has 5 nitrogen and oxygen atoms in total. The van der Waals surface area contributed by atoms with Crippen molar-refractivity contribution < 1.29 is 9.32 Å². The first kappa shape index (κ1) is 15.7. The first-order valence-corrected chi connectivity index (χ1v) is 8.23. The Hall–Kier alpha value is -2.14. The first-order chi connectivity index (χ1) is 11.2. The molecule has 1 aromatic heterocycles. The minimum Gasteiger partial charge on any atom is -0.361 e. The van der Waals surface area contributed by atoms with Crippen molar-refractivity contribution in [1.29, 1.82) is 0 Å². The van der Waals surface area contributed by atoms with Gasteiger partial charge in [0, 0.05) is 25.7 Å². The van der Waals surface area contributed by atoms with E-state index in [0.717, 1.165) is 42.9 Å². The van der Waals surface area contributed by atoms with Crippen molar-refractivity contribution in [3.63, 3.8) is 0 Å². The molecule has 1 aromatic carbocycles. The van der Waals surface area contributed by atoms with Gasteiger partial charge in [0.15, 0.2) is 0 Å². The lowest BCUT2D eigenvalue weighted by molar-refractivity contribution is -0.134. The molecule has 0 bridgehead atoms. The van der Waals surface area contributed by atoms with Crippen molar-refractivity contribution in [1.82, 2.24) is 15.4 Å². The predicted molar refractivity (Wildman–Crippen MR) is 87.7 cm³/mol. The summed E-state index contributed by atoms with van der Waals surface area (Å²) in [4.78, 5) is 14.9. The molecule has 1 aliphatic heterocycles. The van der Waals surface area contributed by atoms with Gasteiger partial charge in [-0.05, 0) is 31.7 Å². The summed E-state index contributed by atoms with van der Waals surface area (Å²) >= 11 is 0. The summed E-state index contributed by atoms with van der Waals surface area (Å²) in [5.41, 5.74) is 1.80. The van der Waals surface area contributed by atoms with Gasteiger partial charge >= 0.3 is 0 Å². The Bertz CT molecular complexity index is 633. The van der Waals surface area contributed by atoms with Crippen LogP contribution >= 0.6 is 0 Å². The van der Waals surface area contributed by atoms with Gasteiger partial charge < -0.3 is 9.42 Å². The topological polar surface area (TPSA) is 58.4 Å². The molecule has 2 aromatic rings. The highest BCUT2D eigenvalue weighted by Gasteiger charge is 2.26. The molecule has 1 amide bonds. The van der Waals surface area contributed by atoms with Crippen LogP contribution in [0, 0.1) is 6.92 Å². The second-order valence-electron chi connectivity index (χ2n) is 6.04. The van der Waals surface area contributed by atoms with E-state index in [4.69, 9.17) is 4.52 Å². The number of likely N-dealkylation sites (tertiary alicyclic amines) is 1. The summed E-state index contributed by atoms with van der Waals surface area (Å²) in [5, 5.41) is 7.34. The molecule has 1 aliphatic rings. The summed E-state index contributed by atoms with van der Waals surface area (Å²) in [6, 6.07) is 11.4. The van der Waals surface area contributed by atoms with Crippen LogP contribution < -0.4 is 5.32 Å². The summed E-state index contributed by atoms with van der Waals surface area (Å²) < 4.78 is 5.09. The van der Waals surface area contributed by atoms with Crippen molar-refractivity contribution >= 4 is 5.91 Å². The summed E-state index contributed by atoms with van der Waals surface area (Å²) in [5.74, 6) is 0.927. The molecule has 0 saturated carbocycles. The quantitative estimate of drug-likeness (QED) is 0.922. The number of aryl methyl sites for hydroxylation is 1. The molecule has 0 aliphatic carbocycles. The highest BCUT2D eigenvalue weighted by atomic mass is 16.5. The maximum absolute atomic E-state index is 12.9. The van der Waals surface area contributed by atoms with Crippen LogP contribution in [0.1, 0.15) is 42.3 Å². The van der Waals surface area contributed by atoms with Crippen molar-refractivity contribution in [2.24, 2.45) is 0 Å². The molecule has 1 saturated heterocycles. The fraction of sp³-hybridized carbons (Fsp3) is 0.444. The van der Waals surface area contributed by atoms with Crippen LogP contribution in [0.15, 0.2) is 40.9 Å². The third-order valence-corrected chi connectivity index (χ3v) is 4.21. The number of rotatable bonds is 5. The van der Waals surface area contributed by atoms with Crippen molar-refractivity contribution in [2.75, 3.05) is 13.1 Å². The highest BCUT2D eigenvalue weighted by Crippen LogP contribution is 2.19. The van der Waals surface area contributed by atoms with Crippen LogP contribution in [-0.4, -0.2) is 29.1 Å². The van der Waals surface area contributed by atoms with Crippen LogP contribution in [0.3, 0.4) is 0 Å². The summed E-state index contributed by atoms with van der Waals surface area (Å²) in [6.07, 6.45) is 3.40. The molecule has 122 valence electrons. The van der Waals surface area contributed by atoms with Crippen LogP contribution in [0.5, 0.6) is 0 Å². The molecule has 1 unspecified atom stereocenters. The number of aromatic nitrogens is 1. The molecule has 5 heteroatoms. The zero-order valence-electron chi connectivity index (χ0n) is 13.5. The van der Waals surface area contributed by atoms with E-state index in [9.17, 15) is 4.79 Å². The third kappa shape index (κ3) is 3.99. The van der Waals surface area contributed by atoms with Gasteiger partial charge in [-0.2, -0.15) is 0 Å². The number of hydrogen-bond acceptors (Lipinski definition) is 4. The van der Waals surface area contributed by atoms with Gasteiger partial charge in [-0.1, -0.05) is 35.5 Å². The van der Waals surface area contributed by atoms with E-state index in [2.05, 4.69) is 10.5 Å². The number of nitrogens with one attached hydrogen (secondary N) is 1. The zero-order valence-corrected chi connectivity index (χ0v) is 13.5. The smallest absolute Gasteiger partial charge is 0.244 e. The lowest BCUT2D eigenvalue weighted by Gasteiger charge is -2.31. The second-order valence-corrected chi connectivity index (χ2v) is 6.04. The SMILES string of the molecule is Cc1cc(CNC(C(=O)N2CCCCC2)c2ccccc2)no1. The van der Waals surface area contributed by atoms with Gasteiger partial charge in [-0.25, -0.2) is 0 Å². The average Bonchev–Trinajstić information content (AvgIpc) is 3.02. The highest BCUT2D eigenvalue weighted by molar-refractivity contribution is 5.83. The van der Waals surface area contributed by atoms with Gasteiger partial charge in [-0.3, -0.25) is 10.1 Å². The van der Waals surface area contributed by atoms with Crippen LogP contribution in [-0.2, 0) is 11.3 Å². The summed E-state index contributed by atoms with van der Waals surface area (Å²) in [7, 11) is 0. The predicted octanol–water partition coefficient (Wildman–Crippen LogP) is 2.83. The Morgan fingerprint density at radius 1 is 1.26 bits per heavy atom. The molecule has 1 fully saturated rings. The van der Waals surface area contributed by atoms with Crippen molar-refractivity contribution in [2.45, 2.75) is 38.8 Å². The van der Waals surface area contributed by atoms with E-state index in [1.54, 1.807) is 0 Å². The van der Waals surface area contributed by atoms with Gasteiger partial charge in [0.2, 0.25) is 5.91 Å². The Labute approximate surface area is 136 Å². The fourth-order valence-corrected chi connectivity index (χ4v) is 3.00. The molecule has 23 heavy (non-hydrogen) atoms. The minimum absolute atomic E-state index is 0.149. The number of carbonyl (C=O) groups excluding carboxylic acids is 1. The monoisotopic (exact) mass is 313 g/mol. The minimum atomic E-state index is -0.341. The van der Waals surface area contributed by atoms with Gasteiger partial charge in [0.25, 0.3) is 0 Å². The molecular weight excluding hydrogens is 290 g/mol. The van der Waals surface area contributed by atoms with Crippen LogP contribution in [0.2, 0.25) is 0 Å². The number of benzene rings is 1. The zero-order chi connectivity index (χ0) is 16.1. The number of nitrogens with zero attached hydrogens (tertiary/aromatic N) is 2. The van der Waals surface area contributed by atoms with Crippen LogP contribution in [0.4, 0.5) is 0 Å². The van der Waals surface area contributed by atoms with Crippen molar-refractivity contribution in [3.05, 3.63) is 53.4 Å². The molecule has 0 radical (unpaired) electrons. The van der Waals surface area contributed by atoms with Gasteiger partial charge in [0.1, 0.15) is 11.8 Å². The number of piperidine rings is 1. The Morgan fingerprint density at radius 2 is 2.00 bits per heavy atom. The Kier molecular flexibility index (Phi) is 5.08. The molecule has 3 rings (SSSR count). The maximum Gasteiger partial charge on any atom is 0.244 e. The molecular formula is C18H23N3O2. The second kappa shape index (κ2) is 7.42. The average molecular weight is 313 g/mol. The van der Waals surface area contributed by atoms with E-state index in [1.165, 1.54) is 6.42 Å². The van der Waals surface area contributed by atoms with Gasteiger partial charge in [-0.15, -0.1) is 0 Å². The molecule has 0 spiro atoms. The first-order valence-electron chi connectivity index (χ1n) is 8.23. The fourth-order valence-electron chi connectivity index (χ4n) is 3.00. The lowest BCUT2D eigenvalue weighted by Crippen LogP contribution is -2.43. The lowest BCUT2D eigenvalue weighted by atomic mass is 10.0. The van der Waals surface area contributed by atoms with E-state index >= 15 is 0 Å². The number of amides is 1. The summed E-state index contributed by atoms with van der Waals surface area (Å²) in [6.45, 7) is 4.08. The third-order valence-electron chi connectivity index (χ3n) is 4.21. The van der Waals surface area contributed by atoms with Gasteiger partial charge in [0.05, 0.1) is 5.69 Å². The maximum atomic E-state index is 12.9. The molecule has 1 N–H and O–H groups in total. The van der Waals surface area contributed by atoms with E-state index < -0.39 is 0 Å². The van der Waals surface area contributed by atoms with Crippen molar-refractivity contribution in [3.8, 4) is 0 Å². The van der Waals surface area contributed by atoms with E-state index in [0.29, 0.717) is 6.54 Å². The molecule has 1 atom stereocenters. The normalized spacial score (nSPS) is 16.3. The molecule has 2 heterocycles. The largest absolute Gasteiger partial charge is 0.361 e.